The van der Waals surface area contributed by atoms with E-state index in [1.807, 2.05) is 36.5 Å². The molecule has 108 valence electrons. The monoisotopic (exact) mass is 268 g/mol. The van der Waals surface area contributed by atoms with Gasteiger partial charge in [-0.1, -0.05) is 87.5 Å². The lowest BCUT2D eigenvalue weighted by atomic mass is 10.2. The van der Waals surface area contributed by atoms with Crippen LogP contribution in [0.15, 0.2) is 36.5 Å². The Morgan fingerprint density at radius 1 is 0.600 bits per heavy atom. The third-order valence-electron chi connectivity index (χ3n) is 2.71. The lowest BCUT2D eigenvalue weighted by Gasteiger charge is -1.87. The smallest absolute Gasteiger partial charge is 0.00922 e. The molecule has 0 nitrogen and oxygen atoms in total. The fourth-order valence-electron chi connectivity index (χ4n) is 1.52. The van der Waals surface area contributed by atoms with Gasteiger partial charge in [0.25, 0.3) is 0 Å². The van der Waals surface area contributed by atoms with E-state index in [0.29, 0.717) is 0 Å². The quantitative estimate of drug-likeness (QED) is 0.295. The summed E-state index contributed by atoms with van der Waals surface area (Å²) in [5, 5.41) is 0. The van der Waals surface area contributed by atoms with E-state index in [-0.39, 0.29) is 0 Å². The minimum Gasteiger partial charge on any atom is -0.0985 e. The van der Waals surface area contributed by atoms with Crippen molar-refractivity contribution in [2.75, 3.05) is 0 Å². The van der Waals surface area contributed by atoms with E-state index >= 15 is 0 Å². The van der Waals surface area contributed by atoms with Crippen LogP contribution in [-0.2, 0) is 0 Å². The molecule has 0 aromatic rings. The highest BCUT2D eigenvalue weighted by Gasteiger charge is 1.79. The van der Waals surface area contributed by atoms with Crippen molar-refractivity contribution in [3.8, 4) is 23.7 Å². The molecule has 0 aliphatic carbocycles. The Hall–Kier alpha value is -1.66. The number of hydrogen-bond acceptors (Lipinski definition) is 0. The third kappa shape index (κ3) is 16.3. The molecule has 0 fully saturated rings. The highest BCUT2D eigenvalue weighted by Crippen LogP contribution is 1.97. The molecule has 0 heterocycles. The summed E-state index contributed by atoms with van der Waals surface area (Å²) >= 11 is 0. The predicted molar refractivity (Wildman–Crippen MR) is 91.3 cm³/mol. The van der Waals surface area contributed by atoms with Gasteiger partial charge in [0.05, 0.1) is 0 Å². The summed E-state index contributed by atoms with van der Waals surface area (Å²) in [6.07, 6.45) is 21.2. The van der Waals surface area contributed by atoms with Crippen molar-refractivity contribution in [3.63, 3.8) is 0 Å². The summed E-state index contributed by atoms with van der Waals surface area (Å²) in [4.78, 5) is 0. The Bertz CT molecular complexity index is 359. The van der Waals surface area contributed by atoms with Gasteiger partial charge in [-0.25, -0.2) is 0 Å². The van der Waals surface area contributed by atoms with Gasteiger partial charge in [-0.05, 0) is 25.0 Å². The minimum absolute atomic E-state index is 1.01. The first-order chi connectivity index (χ1) is 9.91. The Balaban J connectivity index is 3.63. The molecular weight excluding hydrogens is 240 g/mol. The average molecular weight is 268 g/mol. The molecular formula is C20H28. The Labute approximate surface area is 126 Å². The van der Waals surface area contributed by atoms with Gasteiger partial charge < -0.3 is 0 Å². The van der Waals surface area contributed by atoms with Gasteiger partial charge in [0.15, 0.2) is 0 Å². The van der Waals surface area contributed by atoms with Crippen LogP contribution in [0.1, 0.15) is 65.2 Å². The van der Waals surface area contributed by atoms with Crippen LogP contribution in [0.2, 0.25) is 0 Å². The largest absolute Gasteiger partial charge is 0.0985 e. The van der Waals surface area contributed by atoms with Crippen LogP contribution >= 0.6 is 0 Å². The zero-order valence-electron chi connectivity index (χ0n) is 13.1. The maximum absolute atomic E-state index is 3.14. The van der Waals surface area contributed by atoms with E-state index in [1.165, 1.54) is 38.5 Å². The van der Waals surface area contributed by atoms with Crippen LogP contribution < -0.4 is 0 Å². The standard InChI is InChI=1S/C20H28/c1-3-5-7-9-11-13-15-17-19-20-18-16-14-12-10-8-6-4-2/h15-20H,3-10H2,1-2H3/b17-15-,18-16+,20-19+. The molecule has 0 amide bonds. The highest BCUT2D eigenvalue weighted by atomic mass is 13.8. The normalized spacial score (nSPS) is 10.7. The first-order valence-corrected chi connectivity index (χ1v) is 7.87. The molecule has 0 aliphatic rings. The predicted octanol–water partition coefficient (Wildman–Crippen LogP) is 5.82. The van der Waals surface area contributed by atoms with Gasteiger partial charge in [-0.2, -0.15) is 0 Å². The second-order valence-electron chi connectivity index (χ2n) is 4.66. The Kier molecular flexibility index (Phi) is 15.9. The Morgan fingerprint density at radius 2 is 1.05 bits per heavy atom. The molecule has 20 heavy (non-hydrogen) atoms. The lowest BCUT2D eigenvalue weighted by Crippen LogP contribution is -1.70. The molecule has 0 unspecified atom stereocenters. The summed E-state index contributed by atoms with van der Waals surface area (Å²) < 4.78 is 0. The molecule has 0 aliphatic heterocycles. The molecule has 0 saturated carbocycles. The van der Waals surface area contributed by atoms with Crippen molar-refractivity contribution in [2.24, 2.45) is 0 Å². The molecule has 0 N–H and O–H groups in total. The minimum atomic E-state index is 1.01. The number of hydrogen-bond donors (Lipinski definition) is 0. The summed E-state index contributed by atoms with van der Waals surface area (Å²) in [7, 11) is 0. The number of rotatable bonds is 8. The molecule has 0 atom stereocenters. The van der Waals surface area contributed by atoms with Crippen molar-refractivity contribution < 1.29 is 0 Å². The topological polar surface area (TPSA) is 0 Å². The van der Waals surface area contributed by atoms with Gasteiger partial charge in [0.2, 0.25) is 0 Å². The van der Waals surface area contributed by atoms with Gasteiger partial charge >= 0.3 is 0 Å². The molecule has 0 radical (unpaired) electrons. The van der Waals surface area contributed by atoms with Crippen molar-refractivity contribution in [2.45, 2.75) is 65.2 Å². The molecule has 0 heteroatoms. The Morgan fingerprint density at radius 3 is 1.45 bits per heavy atom. The molecule has 0 rings (SSSR count). The van der Waals surface area contributed by atoms with E-state index in [0.717, 1.165) is 12.8 Å². The van der Waals surface area contributed by atoms with E-state index in [2.05, 4.69) is 37.5 Å². The van der Waals surface area contributed by atoms with E-state index < -0.39 is 0 Å². The second-order valence-corrected chi connectivity index (χ2v) is 4.66. The lowest BCUT2D eigenvalue weighted by molar-refractivity contribution is 0.737. The van der Waals surface area contributed by atoms with Crippen molar-refractivity contribution >= 4 is 0 Å². The molecule has 0 saturated heterocycles. The van der Waals surface area contributed by atoms with E-state index in [4.69, 9.17) is 0 Å². The van der Waals surface area contributed by atoms with Crippen LogP contribution in [0, 0.1) is 23.7 Å². The van der Waals surface area contributed by atoms with Gasteiger partial charge in [-0.3, -0.25) is 0 Å². The fourth-order valence-corrected chi connectivity index (χ4v) is 1.52. The maximum Gasteiger partial charge on any atom is 0.00922 e. The highest BCUT2D eigenvalue weighted by molar-refractivity contribution is 5.24. The molecule has 0 spiro atoms. The van der Waals surface area contributed by atoms with Gasteiger partial charge in [0.1, 0.15) is 0 Å². The fraction of sp³-hybridized carbons (Fsp3) is 0.500. The van der Waals surface area contributed by atoms with Crippen LogP contribution in [0.25, 0.3) is 0 Å². The van der Waals surface area contributed by atoms with E-state index in [9.17, 15) is 0 Å². The molecule has 0 aromatic heterocycles. The van der Waals surface area contributed by atoms with Crippen LogP contribution in [-0.4, -0.2) is 0 Å². The van der Waals surface area contributed by atoms with Gasteiger partial charge in [-0.15, -0.1) is 0 Å². The number of unbranched alkanes of at least 4 members (excludes halogenated alkanes) is 6. The van der Waals surface area contributed by atoms with Crippen molar-refractivity contribution in [1.82, 2.24) is 0 Å². The molecule has 0 bridgehead atoms. The van der Waals surface area contributed by atoms with Crippen LogP contribution in [0.5, 0.6) is 0 Å². The van der Waals surface area contributed by atoms with Crippen LogP contribution in [0.3, 0.4) is 0 Å². The summed E-state index contributed by atoms with van der Waals surface area (Å²) in [6.45, 7) is 4.42. The van der Waals surface area contributed by atoms with Gasteiger partial charge in [0, 0.05) is 12.8 Å². The third-order valence-corrected chi connectivity index (χ3v) is 2.71. The summed E-state index contributed by atoms with van der Waals surface area (Å²) in [6, 6.07) is 0. The summed E-state index contributed by atoms with van der Waals surface area (Å²) in [5.74, 6) is 12.4. The first kappa shape index (κ1) is 18.3. The number of allylic oxidation sites excluding steroid dienone is 6. The SMILES string of the molecule is CCCCCC#C\C=C/C=C/C=C/C#CCCCCC. The van der Waals surface area contributed by atoms with Crippen molar-refractivity contribution in [1.29, 1.82) is 0 Å². The summed E-state index contributed by atoms with van der Waals surface area (Å²) in [5.41, 5.74) is 0. The van der Waals surface area contributed by atoms with Crippen molar-refractivity contribution in [3.05, 3.63) is 36.5 Å². The van der Waals surface area contributed by atoms with Crippen LogP contribution in [0.4, 0.5) is 0 Å². The zero-order valence-corrected chi connectivity index (χ0v) is 13.1. The maximum atomic E-state index is 3.14. The first-order valence-electron chi connectivity index (χ1n) is 7.87. The molecule has 0 aromatic carbocycles. The zero-order chi connectivity index (χ0) is 14.7. The second kappa shape index (κ2) is 17.3. The average Bonchev–Trinajstić information content (AvgIpc) is 2.47. The van der Waals surface area contributed by atoms with E-state index in [1.54, 1.807) is 0 Å².